The molecule has 9 nitrogen and oxygen atoms in total. The summed E-state index contributed by atoms with van der Waals surface area (Å²) in [6, 6.07) is 17.3. The predicted molar refractivity (Wildman–Crippen MR) is 128 cm³/mol. The highest BCUT2D eigenvalue weighted by Crippen LogP contribution is 2.22. The van der Waals surface area contributed by atoms with Crippen LogP contribution in [0.25, 0.3) is 16.8 Å². The SMILES string of the molecule is Cc1ccc(Cn2c(=O)c3c(cnn3C)n3c(SCC(=O)Nc4ccccc4)nnc23)cc1. The zero-order chi connectivity index (χ0) is 22.9. The summed E-state index contributed by atoms with van der Waals surface area (Å²) in [5.41, 5.74) is 3.72. The van der Waals surface area contributed by atoms with E-state index >= 15 is 0 Å². The molecule has 0 aliphatic rings. The van der Waals surface area contributed by atoms with Crippen molar-refractivity contribution in [2.45, 2.75) is 18.6 Å². The molecule has 10 heteroatoms. The number of benzene rings is 2. The van der Waals surface area contributed by atoms with Crippen molar-refractivity contribution in [3.63, 3.8) is 0 Å². The number of hydrogen-bond acceptors (Lipinski definition) is 6. The van der Waals surface area contributed by atoms with Gasteiger partial charge >= 0.3 is 0 Å². The van der Waals surface area contributed by atoms with E-state index in [2.05, 4.69) is 20.6 Å². The lowest BCUT2D eigenvalue weighted by Gasteiger charge is -2.10. The van der Waals surface area contributed by atoms with Gasteiger partial charge in [-0.25, -0.2) is 0 Å². The highest BCUT2D eigenvalue weighted by molar-refractivity contribution is 7.99. The van der Waals surface area contributed by atoms with Crippen LogP contribution in [0.1, 0.15) is 11.1 Å². The summed E-state index contributed by atoms with van der Waals surface area (Å²) in [5.74, 6) is 0.402. The van der Waals surface area contributed by atoms with Gasteiger partial charge in [-0.1, -0.05) is 59.8 Å². The van der Waals surface area contributed by atoms with E-state index < -0.39 is 0 Å². The summed E-state index contributed by atoms with van der Waals surface area (Å²) in [4.78, 5) is 25.8. The Hall–Kier alpha value is -3.92. The predicted octanol–water partition coefficient (Wildman–Crippen LogP) is 2.87. The second kappa shape index (κ2) is 8.55. The first-order chi connectivity index (χ1) is 16.0. The van der Waals surface area contributed by atoms with Gasteiger partial charge in [-0.3, -0.25) is 23.2 Å². The molecule has 33 heavy (non-hydrogen) atoms. The normalized spacial score (nSPS) is 11.3. The van der Waals surface area contributed by atoms with Crippen molar-refractivity contribution in [2.24, 2.45) is 7.05 Å². The second-order valence-corrected chi connectivity index (χ2v) is 8.64. The average Bonchev–Trinajstić information content (AvgIpc) is 3.41. The molecule has 0 spiro atoms. The van der Waals surface area contributed by atoms with Gasteiger partial charge in [0.15, 0.2) is 10.7 Å². The van der Waals surface area contributed by atoms with E-state index in [4.69, 9.17) is 0 Å². The monoisotopic (exact) mass is 459 g/mol. The van der Waals surface area contributed by atoms with Crippen LogP contribution in [0.5, 0.6) is 0 Å². The Morgan fingerprint density at radius 2 is 1.82 bits per heavy atom. The fraction of sp³-hybridized carbons (Fsp3) is 0.174. The fourth-order valence-electron chi connectivity index (χ4n) is 3.66. The maximum absolute atomic E-state index is 13.3. The summed E-state index contributed by atoms with van der Waals surface area (Å²) in [6.07, 6.45) is 1.62. The Kier molecular flexibility index (Phi) is 5.43. The van der Waals surface area contributed by atoms with Crippen molar-refractivity contribution in [2.75, 3.05) is 11.1 Å². The van der Waals surface area contributed by atoms with E-state index in [-0.39, 0.29) is 17.2 Å². The Bertz CT molecular complexity index is 1520. The molecule has 5 rings (SSSR count). The number of fused-ring (bicyclic) bond motifs is 3. The zero-order valence-corrected chi connectivity index (χ0v) is 18.9. The Balaban J connectivity index is 1.52. The molecule has 0 saturated carbocycles. The van der Waals surface area contributed by atoms with Gasteiger partial charge in [0.2, 0.25) is 11.7 Å². The smallest absolute Gasteiger partial charge is 0.281 e. The van der Waals surface area contributed by atoms with Crippen LogP contribution in [0.3, 0.4) is 0 Å². The van der Waals surface area contributed by atoms with E-state index in [1.807, 2.05) is 61.5 Å². The Labute approximate surface area is 193 Å². The summed E-state index contributed by atoms with van der Waals surface area (Å²) >= 11 is 1.26. The van der Waals surface area contributed by atoms with E-state index in [9.17, 15) is 9.59 Å². The van der Waals surface area contributed by atoms with Crippen LogP contribution in [0.4, 0.5) is 5.69 Å². The number of carbonyl (C=O) groups is 1. The molecule has 0 saturated heterocycles. The first-order valence-electron chi connectivity index (χ1n) is 10.3. The highest BCUT2D eigenvalue weighted by Gasteiger charge is 2.20. The van der Waals surface area contributed by atoms with E-state index in [0.29, 0.717) is 28.5 Å². The number of para-hydroxylation sites is 1. The van der Waals surface area contributed by atoms with Gasteiger partial charge in [0.1, 0.15) is 5.52 Å². The summed E-state index contributed by atoms with van der Waals surface area (Å²) in [5, 5.41) is 16.2. The largest absolute Gasteiger partial charge is 0.325 e. The number of hydrogen-bond donors (Lipinski definition) is 1. The van der Waals surface area contributed by atoms with Gasteiger partial charge in [-0.05, 0) is 24.6 Å². The maximum atomic E-state index is 13.3. The molecule has 1 N–H and O–H groups in total. The lowest BCUT2D eigenvalue weighted by atomic mass is 10.1. The lowest BCUT2D eigenvalue weighted by Crippen LogP contribution is -2.25. The van der Waals surface area contributed by atoms with Gasteiger partial charge in [0.25, 0.3) is 5.56 Å². The summed E-state index contributed by atoms with van der Waals surface area (Å²) in [7, 11) is 1.73. The Morgan fingerprint density at radius 1 is 1.06 bits per heavy atom. The molecule has 0 bridgehead atoms. The molecule has 0 aliphatic heterocycles. The van der Waals surface area contributed by atoms with Crippen molar-refractivity contribution >= 4 is 40.2 Å². The number of thioether (sulfide) groups is 1. The second-order valence-electron chi connectivity index (χ2n) is 7.70. The van der Waals surface area contributed by atoms with Crippen molar-refractivity contribution in [3.8, 4) is 0 Å². The zero-order valence-electron chi connectivity index (χ0n) is 18.1. The first-order valence-corrected chi connectivity index (χ1v) is 11.3. The molecular formula is C23H21N7O2S. The van der Waals surface area contributed by atoms with Crippen molar-refractivity contribution < 1.29 is 4.79 Å². The van der Waals surface area contributed by atoms with Gasteiger partial charge in [-0.2, -0.15) is 5.10 Å². The van der Waals surface area contributed by atoms with Crippen LogP contribution < -0.4 is 10.9 Å². The molecule has 3 aromatic heterocycles. The lowest BCUT2D eigenvalue weighted by molar-refractivity contribution is -0.113. The van der Waals surface area contributed by atoms with Crippen molar-refractivity contribution in [1.29, 1.82) is 0 Å². The maximum Gasteiger partial charge on any atom is 0.281 e. The molecule has 1 amide bonds. The third kappa shape index (κ3) is 4.00. The number of aromatic nitrogens is 6. The van der Waals surface area contributed by atoms with Crippen LogP contribution in [0, 0.1) is 6.92 Å². The van der Waals surface area contributed by atoms with Crippen molar-refractivity contribution in [3.05, 3.63) is 82.3 Å². The molecule has 3 heterocycles. The third-order valence-electron chi connectivity index (χ3n) is 5.32. The minimum atomic E-state index is -0.191. The molecule has 0 aliphatic carbocycles. The van der Waals surface area contributed by atoms with Gasteiger partial charge in [0, 0.05) is 12.7 Å². The number of amides is 1. The third-order valence-corrected chi connectivity index (χ3v) is 6.25. The van der Waals surface area contributed by atoms with Crippen LogP contribution in [-0.4, -0.2) is 40.6 Å². The molecule has 0 radical (unpaired) electrons. The van der Waals surface area contributed by atoms with Crippen LogP contribution in [-0.2, 0) is 18.4 Å². The minimum absolute atomic E-state index is 0.147. The number of rotatable bonds is 6. The number of aryl methyl sites for hydroxylation is 2. The fourth-order valence-corrected chi connectivity index (χ4v) is 4.40. The van der Waals surface area contributed by atoms with E-state index in [0.717, 1.165) is 16.8 Å². The van der Waals surface area contributed by atoms with Gasteiger partial charge < -0.3 is 5.32 Å². The van der Waals surface area contributed by atoms with Crippen LogP contribution in [0.2, 0.25) is 0 Å². The highest BCUT2D eigenvalue weighted by atomic mass is 32.2. The van der Waals surface area contributed by atoms with Gasteiger partial charge in [0.05, 0.1) is 18.5 Å². The van der Waals surface area contributed by atoms with E-state index in [1.165, 1.54) is 11.8 Å². The molecule has 0 atom stereocenters. The molecule has 0 fully saturated rings. The van der Waals surface area contributed by atoms with Crippen LogP contribution >= 0.6 is 11.8 Å². The van der Waals surface area contributed by atoms with Gasteiger partial charge in [-0.15, -0.1) is 10.2 Å². The molecule has 2 aromatic carbocycles. The minimum Gasteiger partial charge on any atom is -0.325 e. The number of nitrogens with zero attached hydrogens (tertiary/aromatic N) is 6. The quantitative estimate of drug-likeness (QED) is 0.392. The number of anilines is 1. The van der Waals surface area contributed by atoms with Crippen molar-refractivity contribution in [1.82, 2.24) is 28.9 Å². The standard InChI is InChI=1S/C23H21N7O2S/c1-15-8-10-16(11-9-15)13-29-21(32)20-18(12-24-28(20)2)30-22(29)26-27-23(30)33-14-19(31)25-17-6-4-3-5-7-17/h3-12H,13-14H2,1-2H3,(H,25,31). The first kappa shape index (κ1) is 21.0. The Morgan fingerprint density at radius 3 is 2.58 bits per heavy atom. The molecule has 0 unspecified atom stereocenters. The molecule has 5 aromatic rings. The summed E-state index contributed by atoms with van der Waals surface area (Å²) < 4.78 is 4.94. The molecular weight excluding hydrogens is 438 g/mol. The molecule has 166 valence electrons. The topological polar surface area (TPSA) is 99.1 Å². The van der Waals surface area contributed by atoms with Crippen LogP contribution in [0.15, 0.2) is 70.7 Å². The number of carbonyl (C=O) groups excluding carboxylic acids is 1. The number of nitrogens with one attached hydrogen (secondary N) is 1. The summed E-state index contributed by atoms with van der Waals surface area (Å²) in [6.45, 7) is 2.37. The van der Waals surface area contributed by atoms with E-state index in [1.54, 1.807) is 26.9 Å². The average molecular weight is 460 g/mol.